The van der Waals surface area contributed by atoms with Crippen LogP contribution in [0.5, 0.6) is 11.5 Å². The van der Waals surface area contributed by atoms with Gasteiger partial charge in [-0.05, 0) is 46.5 Å². The molecule has 0 bridgehead atoms. The van der Waals surface area contributed by atoms with Crippen molar-refractivity contribution >= 4 is 47.4 Å². The second-order valence-electron chi connectivity index (χ2n) is 26.3. The molecule has 0 unspecified atom stereocenters. The van der Waals surface area contributed by atoms with Crippen molar-refractivity contribution in [2.75, 3.05) is 46.1 Å². The third kappa shape index (κ3) is 18.9. The zero-order valence-electron chi connectivity index (χ0n) is 57.0. The Balaban J connectivity index is 0.874. The molecule has 38 heteroatoms. The molecule has 24 N–H and O–H groups in total. The van der Waals surface area contributed by atoms with E-state index in [9.17, 15) is 85.6 Å². The number of aliphatic imine (C=N–C) groups is 2. The molecule has 6 aliphatic heterocycles. The highest BCUT2D eigenvalue weighted by atomic mass is 16.7. The Hall–Kier alpha value is -8.88. The highest BCUT2D eigenvalue weighted by molar-refractivity contribution is 5.98. The molecule has 6 aliphatic rings. The summed E-state index contributed by atoms with van der Waals surface area (Å²) in [5.41, 5.74) is 14.6. The van der Waals surface area contributed by atoms with Crippen molar-refractivity contribution in [3.8, 4) is 11.5 Å². The van der Waals surface area contributed by atoms with Crippen molar-refractivity contribution in [2.45, 2.75) is 179 Å². The fourth-order valence-corrected chi connectivity index (χ4v) is 12.9. The normalized spacial score (nSPS) is 33.8. The molecule has 4 aromatic rings. The molecule has 38 nitrogen and oxygen atoms in total. The molecule has 10 rings (SSSR count). The number of benzene rings is 4. The predicted octanol–water partition coefficient (Wildman–Crippen LogP) is -9.81. The highest BCUT2D eigenvalue weighted by Gasteiger charge is 2.54. The summed E-state index contributed by atoms with van der Waals surface area (Å²) in [7, 11) is 0. The van der Waals surface area contributed by atoms with Gasteiger partial charge in [0.1, 0.15) is 134 Å². The minimum Gasteiger partial charge on any atom is -0.489 e. The van der Waals surface area contributed by atoms with Crippen molar-refractivity contribution in [3.63, 3.8) is 0 Å². The number of nitrogens with two attached hydrogens (primary N) is 2. The monoisotopic (exact) mass is 1490 g/mol. The number of nitrogens with zero attached hydrogens (tertiary/aromatic N) is 3. The van der Waals surface area contributed by atoms with Gasteiger partial charge in [0, 0.05) is 18.9 Å². The first kappa shape index (κ1) is 79.7. The Kier molecular flexibility index (Phi) is 27.2. The lowest BCUT2D eigenvalue weighted by atomic mass is 9.92. The van der Waals surface area contributed by atoms with Gasteiger partial charge < -0.3 is 153 Å². The van der Waals surface area contributed by atoms with Crippen LogP contribution in [0.25, 0.3) is 0 Å². The molecule has 4 aromatic carbocycles. The van der Waals surface area contributed by atoms with Crippen molar-refractivity contribution in [1.82, 2.24) is 42.1 Å². The number of hydrogen-bond donors (Lipinski definition) is 22. The lowest BCUT2D eigenvalue weighted by molar-refractivity contribution is -0.353. The van der Waals surface area contributed by atoms with Gasteiger partial charge in [-0.25, -0.2) is 4.99 Å². The third-order valence-electron chi connectivity index (χ3n) is 19.0. The summed E-state index contributed by atoms with van der Waals surface area (Å²) in [6.45, 7) is -3.04. The average Bonchev–Trinajstić information content (AvgIpc) is 1.73. The maximum absolute atomic E-state index is 15.2. The van der Waals surface area contributed by atoms with Crippen LogP contribution >= 0.6 is 0 Å². The number of nitrogens with one attached hydrogen (secondary N) is 7. The highest BCUT2D eigenvalue weighted by Crippen LogP contribution is 2.33. The van der Waals surface area contributed by atoms with E-state index < -0.39 is 233 Å². The number of rotatable bonds is 23. The molecule has 578 valence electrons. The lowest BCUT2D eigenvalue weighted by Gasteiger charge is -2.46. The van der Waals surface area contributed by atoms with Gasteiger partial charge in [0.15, 0.2) is 24.4 Å². The van der Waals surface area contributed by atoms with Gasteiger partial charge in [0.2, 0.25) is 41.7 Å². The second kappa shape index (κ2) is 36.1. The minimum absolute atomic E-state index is 0.0279. The fourth-order valence-electron chi connectivity index (χ4n) is 12.9. The molecular formula is C68H90N12O26. The number of aliphatic hydroxyl groups excluding tert-OH is 13. The molecule has 0 spiro atoms. The zero-order chi connectivity index (χ0) is 76.2. The van der Waals surface area contributed by atoms with E-state index in [0.29, 0.717) is 17.9 Å². The van der Waals surface area contributed by atoms with Gasteiger partial charge in [0.05, 0.1) is 58.2 Å². The van der Waals surface area contributed by atoms with Crippen LogP contribution in [-0.2, 0) is 72.1 Å². The van der Waals surface area contributed by atoms with Crippen LogP contribution in [0.15, 0.2) is 119 Å². The topological polar surface area (TPSA) is 594 Å². The van der Waals surface area contributed by atoms with Crippen LogP contribution in [-0.4, -0.2) is 311 Å². The summed E-state index contributed by atoms with van der Waals surface area (Å²) in [6, 6.07) is 17.4. The zero-order valence-corrected chi connectivity index (χ0v) is 57.0. The number of ether oxygens (including phenoxy) is 7. The van der Waals surface area contributed by atoms with Crippen LogP contribution in [0.3, 0.4) is 0 Å². The molecule has 0 saturated carbocycles. The van der Waals surface area contributed by atoms with E-state index in [-0.39, 0.29) is 37.0 Å². The summed E-state index contributed by atoms with van der Waals surface area (Å²) < 4.78 is 41.0. The molecule has 106 heavy (non-hydrogen) atoms. The number of hydrogen-bond acceptors (Lipinski definition) is 32. The van der Waals surface area contributed by atoms with E-state index in [1.807, 2.05) is 30.3 Å². The largest absolute Gasteiger partial charge is 0.489 e. The molecular weight excluding hydrogens is 1400 g/mol. The summed E-state index contributed by atoms with van der Waals surface area (Å²) in [6.07, 6.45) is -31.6. The van der Waals surface area contributed by atoms with Gasteiger partial charge in [-0.2, -0.15) is 0 Å². The third-order valence-corrected chi connectivity index (χ3v) is 19.0. The van der Waals surface area contributed by atoms with E-state index in [4.69, 9.17) is 44.6 Å². The molecule has 6 amide bonds. The Bertz CT molecular complexity index is 3670. The first-order valence-electron chi connectivity index (χ1n) is 34.1. The van der Waals surface area contributed by atoms with Gasteiger partial charge in [0.25, 0.3) is 0 Å². The van der Waals surface area contributed by atoms with Crippen molar-refractivity contribution in [3.05, 3.63) is 131 Å². The standard InChI is InChI=1S/C68H90N12O26/c1-30(34-10-6-3-7-11-34)45-61(97)74-37(20-31-12-18-36(19-13-31)102-65-57(94)54(91)58(42(26-83)104-65)106-66-56(93)53(90)51(88)43(105-66)29-100-27-33-14-16-35(17-15-33)101-28-32-8-4-2-5-9-32)60(96)78-46(48(85)38-21-72-67(69)76-38)63(99)79-47(62(98)75-39(24-81)59(95)71-23-44(84)77-45)49(86)40-22-73-68(70)80(40)64-55(92)52(89)50(87)41(25-82)103-64/h2-19,30,37-43,45-58,64-66,81-83,85-94H,20-29H2,1H3,(H2,70,73)(H,71,95)(H,74,97)(H,75,98)(H,77,84)(H,78,96)(H,79,99)(H3,69,72,76)/t30-,37+,38-,39-,40-,41+,42+,43+,45-,46-,47+,48-,49-,50+,51+,52-,53-,54+,55-,56-,57-,58+,64-,65-,66+/m0/s1. The fraction of sp³-hybridized carbons (Fsp3) is 0.529. The van der Waals surface area contributed by atoms with Crippen molar-refractivity contribution < 1.29 is 128 Å². The molecule has 0 aromatic heterocycles. The second-order valence-corrected chi connectivity index (χ2v) is 26.3. The van der Waals surface area contributed by atoms with E-state index in [1.54, 1.807) is 61.5 Å². The molecule has 0 aliphatic carbocycles. The summed E-state index contributed by atoms with van der Waals surface area (Å²) >= 11 is 0. The van der Waals surface area contributed by atoms with Crippen LogP contribution in [0.2, 0.25) is 0 Å². The Morgan fingerprint density at radius 3 is 1.78 bits per heavy atom. The number of aliphatic hydroxyl groups is 13. The first-order valence-corrected chi connectivity index (χ1v) is 34.1. The quantitative estimate of drug-likeness (QED) is 0.0328. The Morgan fingerprint density at radius 1 is 0.547 bits per heavy atom. The summed E-state index contributed by atoms with van der Waals surface area (Å²) in [4.78, 5) is 96.8. The van der Waals surface area contributed by atoms with E-state index in [0.717, 1.165) is 16.0 Å². The Labute approximate surface area is 605 Å². The maximum atomic E-state index is 15.2. The van der Waals surface area contributed by atoms with E-state index in [1.165, 1.54) is 24.3 Å². The van der Waals surface area contributed by atoms with E-state index >= 15 is 9.59 Å². The summed E-state index contributed by atoms with van der Waals surface area (Å²) in [5, 5.41) is 161. The van der Waals surface area contributed by atoms with Gasteiger partial charge in [-0.1, -0.05) is 91.9 Å². The van der Waals surface area contributed by atoms with Crippen molar-refractivity contribution in [1.29, 1.82) is 0 Å². The van der Waals surface area contributed by atoms with Crippen LogP contribution < -0.4 is 58.2 Å². The SMILES string of the molecule is C[C@@H](c1ccccc1)[C@@H]1NC(=O)CNC(=O)[C@H](CO)NC(=O)[C@@H]([C@@H](O)[C@@H]2CN=C(N)N2[C@H]2O[C@H](CO)[C@@H](O)[C@H](O)[C@@H]2O)NC(=O)[C@H]([C@@H](O)[C@@H]2CNC(N)=N2)NC(=O)[C@@H](Cc2ccc(O[C@H]3O[C@H](CO)[C@@H](O[C@H]4O[C@H](COCc5ccc(OCc6ccccc6)cc5)[C@@H](O)[C@H](O)[C@@H]4O)[C@H](O)[C@@H]3O)cc2)NC1=O. The summed E-state index contributed by atoms with van der Waals surface area (Å²) in [5.74, 6) is -8.42. The first-order chi connectivity index (χ1) is 50.8. The van der Waals surface area contributed by atoms with Crippen molar-refractivity contribution in [2.24, 2.45) is 21.5 Å². The average molecular weight is 1490 g/mol. The molecule has 0 radical (unpaired) electrons. The maximum Gasteiger partial charge on any atom is 0.246 e. The smallest absolute Gasteiger partial charge is 0.246 e. The van der Waals surface area contributed by atoms with Gasteiger partial charge in [-0.15, -0.1) is 0 Å². The van der Waals surface area contributed by atoms with E-state index in [2.05, 4.69) is 47.2 Å². The van der Waals surface area contributed by atoms with Gasteiger partial charge >= 0.3 is 0 Å². The number of guanidine groups is 2. The molecule has 6 heterocycles. The number of amides is 6. The lowest BCUT2D eigenvalue weighted by Crippen LogP contribution is -2.70. The van der Waals surface area contributed by atoms with Gasteiger partial charge in [-0.3, -0.25) is 33.8 Å². The predicted molar refractivity (Wildman–Crippen MR) is 363 cm³/mol. The molecule has 4 fully saturated rings. The van der Waals surface area contributed by atoms with Crippen LogP contribution in [0.1, 0.15) is 35.1 Å². The number of carbonyl (C=O) groups is 6. The number of carbonyl (C=O) groups excluding carboxylic acids is 6. The molecule has 4 saturated heterocycles. The minimum atomic E-state index is -2.36. The van der Waals surface area contributed by atoms with Crippen LogP contribution in [0.4, 0.5) is 0 Å². The Morgan fingerprint density at radius 2 is 1.12 bits per heavy atom. The van der Waals surface area contributed by atoms with Crippen LogP contribution in [0, 0.1) is 0 Å². The molecule has 25 atom stereocenters.